The minimum absolute atomic E-state index is 0.0494. The van der Waals surface area contributed by atoms with Gasteiger partial charge in [0, 0.05) is 44.7 Å². The molecule has 2 aliphatic rings. The number of ether oxygens (including phenoxy) is 1. The Balaban J connectivity index is 1.58. The standard InChI is InChI=1S/C14H21N3O4S/c1-16-5-3-4-12(16)14(18)15-6-10-9-21-13-8-17(7-11(10)13)22(2,19)20/h3-5,10-11,13H,6-9H2,1-2H3,(H,15,18)/t10-,11+,13+/m1/s1. The molecule has 2 aliphatic heterocycles. The van der Waals surface area contributed by atoms with E-state index < -0.39 is 10.0 Å². The van der Waals surface area contributed by atoms with Gasteiger partial charge in [-0.15, -0.1) is 0 Å². The van der Waals surface area contributed by atoms with E-state index in [1.807, 2.05) is 19.3 Å². The number of hydrogen-bond acceptors (Lipinski definition) is 4. The molecule has 1 aromatic rings. The van der Waals surface area contributed by atoms with Gasteiger partial charge in [0.05, 0.1) is 19.0 Å². The molecule has 1 N–H and O–H groups in total. The summed E-state index contributed by atoms with van der Waals surface area (Å²) in [4.78, 5) is 12.1. The number of rotatable bonds is 4. The number of aromatic nitrogens is 1. The predicted octanol–water partition coefficient (Wildman–Crippen LogP) is -0.339. The highest BCUT2D eigenvalue weighted by atomic mass is 32.2. The van der Waals surface area contributed by atoms with Crippen molar-refractivity contribution >= 4 is 15.9 Å². The average Bonchev–Trinajstić information content (AvgIpc) is 3.10. The van der Waals surface area contributed by atoms with Crippen LogP contribution in [0.4, 0.5) is 0 Å². The van der Waals surface area contributed by atoms with Crippen LogP contribution in [0.15, 0.2) is 18.3 Å². The Morgan fingerprint density at radius 1 is 1.45 bits per heavy atom. The first-order valence-electron chi connectivity index (χ1n) is 7.32. The van der Waals surface area contributed by atoms with E-state index in [1.165, 1.54) is 10.6 Å². The molecular weight excluding hydrogens is 306 g/mol. The first-order chi connectivity index (χ1) is 10.4. The maximum atomic E-state index is 12.1. The molecule has 8 heteroatoms. The summed E-state index contributed by atoms with van der Waals surface area (Å²) >= 11 is 0. The Labute approximate surface area is 130 Å². The molecule has 0 aliphatic carbocycles. The summed E-state index contributed by atoms with van der Waals surface area (Å²) < 4.78 is 32.2. The van der Waals surface area contributed by atoms with E-state index in [0.29, 0.717) is 31.9 Å². The second-order valence-corrected chi connectivity index (χ2v) is 8.07. The van der Waals surface area contributed by atoms with Crippen molar-refractivity contribution in [3.63, 3.8) is 0 Å². The van der Waals surface area contributed by atoms with Gasteiger partial charge >= 0.3 is 0 Å². The van der Waals surface area contributed by atoms with Crippen LogP contribution in [-0.2, 0) is 21.8 Å². The maximum Gasteiger partial charge on any atom is 0.267 e. The van der Waals surface area contributed by atoms with Crippen molar-refractivity contribution in [1.29, 1.82) is 0 Å². The topological polar surface area (TPSA) is 80.6 Å². The molecule has 0 radical (unpaired) electrons. The number of carbonyl (C=O) groups excluding carboxylic acids is 1. The fourth-order valence-electron chi connectivity index (χ4n) is 3.26. The molecule has 3 rings (SSSR count). The molecule has 3 heterocycles. The molecule has 2 fully saturated rings. The zero-order chi connectivity index (χ0) is 15.9. The van der Waals surface area contributed by atoms with Crippen LogP contribution in [-0.4, -0.2) is 61.8 Å². The van der Waals surface area contributed by atoms with Gasteiger partial charge < -0.3 is 14.6 Å². The van der Waals surface area contributed by atoms with Crippen molar-refractivity contribution in [2.75, 3.05) is 32.5 Å². The molecule has 0 saturated carbocycles. The second-order valence-electron chi connectivity index (χ2n) is 6.09. The SMILES string of the molecule is Cn1cccc1C(=O)NC[C@@H]1CO[C@H]2CN(S(C)(=O)=O)C[C@@H]12. The maximum absolute atomic E-state index is 12.1. The third-order valence-corrected chi connectivity index (χ3v) is 5.81. The van der Waals surface area contributed by atoms with Crippen molar-refractivity contribution in [1.82, 2.24) is 14.2 Å². The molecule has 0 unspecified atom stereocenters. The highest BCUT2D eigenvalue weighted by Gasteiger charge is 2.46. The normalized spacial score (nSPS) is 28.7. The summed E-state index contributed by atoms with van der Waals surface area (Å²) in [6.07, 6.45) is 3.00. The zero-order valence-corrected chi connectivity index (χ0v) is 13.5. The van der Waals surface area contributed by atoms with Crippen molar-refractivity contribution < 1.29 is 17.9 Å². The lowest BCUT2D eigenvalue weighted by Crippen LogP contribution is -2.35. The van der Waals surface area contributed by atoms with E-state index in [2.05, 4.69) is 5.32 Å². The van der Waals surface area contributed by atoms with Gasteiger partial charge in [0.1, 0.15) is 5.69 Å². The Morgan fingerprint density at radius 2 is 2.23 bits per heavy atom. The number of amides is 1. The summed E-state index contributed by atoms with van der Waals surface area (Å²) in [7, 11) is -1.35. The number of sulfonamides is 1. The lowest BCUT2D eigenvalue weighted by atomic mass is 9.93. The van der Waals surface area contributed by atoms with Gasteiger partial charge in [0.2, 0.25) is 10.0 Å². The first-order valence-corrected chi connectivity index (χ1v) is 9.17. The monoisotopic (exact) mass is 327 g/mol. The van der Waals surface area contributed by atoms with Crippen molar-refractivity contribution in [3.05, 3.63) is 24.0 Å². The Kier molecular flexibility index (Phi) is 4.00. The van der Waals surface area contributed by atoms with Crippen LogP contribution in [0.1, 0.15) is 10.5 Å². The molecule has 3 atom stereocenters. The van der Waals surface area contributed by atoms with Gasteiger partial charge in [-0.05, 0) is 12.1 Å². The van der Waals surface area contributed by atoms with Crippen LogP contribution in [0.2, 0.25) is 0 Å². The van der Waals surface area contributed by atoms with Gasteiger partial charge in [0.25, 0.3) is 5.91 Å². The summed E-state index contributed by atoms with van der Waals surface area (Å²) in [5.74, 6) is 0.193. The van der Waals surface area contributed by atoms with E-state index >= 15 is 0 Å². The van der Waals surface area contributed by atoms with Gasteiger partial charge in [-0.3, -0.25) is 4.79 Å². The predicted molar refractivity (Wildman–Crippen MR) is 80.9 cm³/mol. The largest absolute Gasteiger partial charge is 0.376 e. The molecule has 0 bridgehead atoms. The summed E-state index contributed by atoms with van der Waals surface area (Å²) in [6, 6.07) is 3.59. The Morgan fingerprint density at radius 3 is 2.86 bits per heavy atom. The van der Waals surface area contributed by atoms with Crippen LogP contribution in [0, 0.1) is 11.8 Å². The first kappa shape index (κ1) is 15.5. The third-order valence-electron chi connectivity index (χ3n) is 4.58. The highest BCUT2D eigenvalue weighted by Crippen LogP contribution is 2.34. The molecule has 22 heavy (non-hydrogen) atoms. The van der Waals surface area contributed by atoms with E-state index in [-0.39, 0.29) is 23.8 Å². The molecule has 122 valence electrons. The molecule has 7 nitrogen and oxygen atoms in total. The van der Waals surface area contributed by atoms with E-state index in [1.54, 1.807) is 10.6 Å². The van der Waals surface area contributed by atoms with Crippen LogP contribution in [0.5, 0.6) is 0 Å². The van der Waals surface area contributed by atoms with Crippen LogP contribution in [0.25, 0.3) is 0 Å². The fourth-order valence-corrected chi connectivity index (χ4v) is 4.12. The fraction of sp³-hybridized carbons (Fsp3) is 0.643. The smallest absolute Gasteiger partial charge is 0.267 e. The van der Waals surface area contributed by atoms with Crippen LogP contribution in [0.3, 0.4) is 0 Å². The quantitative estimate of drug-likeness (QED) is 0.820. The van der Waals surface area contributed by atoms with Crippen molar-refractivity contribution in [2.45, 2.75) is 6.10 Å². The highest BCUT2D eigenvalue weighted by molar-refractivity contribution is 7.88. The lowest BCUT2D eigenvalue weighted by molar-refractivity contribution is 0.0925. The van der Waals surface area contributed by atoms with Crippen LogP contribution >= 0.6 is 0 Å². The summed E-state index contributed by atoms with van der Waals surface area (Å²) in [6.45, 7) is 1.98. The number of aryl methyl sites for hydroxylation is 1. The third kappa shape index (κ3) is 2.90. The zero-order valence-electron chi connectivity index (χ0n) is 12.7. The number of nitrogens with one attached hydrogen (secondary N) is 1. The van der Waals surface area contributed by atoms with Gasteiger partial charge in [-0.25, -0.2) is 8.42 Å². The van der Waals surface area contributed by atoms with Crippen molar-refractivity contribution in [3.8, 4) is 0 Å². The lowest BCUT2D eigenvalue weighted by Gasteiger charge is -2.18. The number of nitrogens with zero attached hydrogens (tertiary/aromatic N) is 2. The second kappa shape index (κ2) is 5.68. The average molecular weight is 327 g/mol. The van der Waals surface area contributed by atoms with Crippen molar-refractivity contribution in [2.24, 2.45) is 18.9 Å². The minimum atomic E-state index is -3.18. The van der Waals surface area contributed by atoms with Gasteiger partial charge in [-0.2, -0.15) is 4.31 Å². The minimum Gasteiger partial charge on any atom is -0.376 e. The molecule has 2 saturated heterocycles. The van der Waals surface area contributed by atoms with Gasteiger partial charge in [0.15, 0.2) is 0 Å². The Bertz CT molecular complexity index is 669. The Hall–Kier alpha value is -1.38. The van der Waals surface area contributed by atoms with E-state index in [9.17, 15) is 13.2 Å². The molecule has 1 aromatic heterocycles. The van der Waals surface area contributed by atoms with Gasteiger partial charge in [-0.1, -0.05) is 0 Å². The number of fused-ring (bicyclic) bond motifs is 1. The summed E-state index contributed by atoms with van der Waals surface area (Å²) in [5, 5.41) is 2.93. The van der Waals surface area contributed by atoms with E-state index in [4.69, 9.17) is 4.74 Å². The number of carbonyl (C=O) groups is 1. The molecule has 0 spiro atoms. The van der Waals surface area contributed by atoms with E-state index in [0.717, 1.165) is 0 Å². The molecule has 0 aromatic carbocycles. The summed E-state index contributed by atoms with van der Waals surface area (Å²) in [5.41, 5.74) is 0.611. The molecular formula is C14H21N3O4S. The molecule has 1 amide bonds. The van der Waals surface area contributed by atoms with Crippen LogP contribution < -0.4 is 5.32 Å². The number of hydrogen-bond donors (Lipinski definition) is 1.